The maximum atomic E-state index is 11.1. The Balaban J connectivity index is 0.00000338. The molecule has 0 aliphatic carbocycles. The first-order chi connectivity index (χ1) is 12.2. The summed E-state index contributed by atoms with van der Waals surface area (Å²) in [5, 5.41) is 9.32. The van der Waals surface area contributed by atoms with E-state index in [1.165, 1.54) is 6.92 Å². The summed E-state index contributed by atoms with van der Waals surface area (Å²) in [6, 6.07) is 7.73. The summed E-state index contributed by atoms with van der Waals surface area (Å²) in [4.78, 5) is 15.3. The van der Waals surface area contributed by atoms with Crippen LogP contribution in [0, 0.1) is 0 Å². The molecular formula is C18H29IN4O3. The highest BCUT2D eigenvalue weighted by Crippen LogP contribution is 2.10. The molecule has 0 bridgehead atoms. The summed E-state index contributed by atoms with van der Waals surface area (Å²) in [6.07, 6.45) is 2.16. The largest absolute Gasteiger partial charge is 0.379 e. The van der Waals surface area contributed by atoms with Crippen LogP contribution in [0.4, 0.5) is 5.69 Å². The van der Waals surface area contributed by atoms with Gasteiger partial charge in [0.15, 0.2) is 5.96 Å². The first-order valence-electron chi connectivity index (χ1n) is 8.68. The van der Waals surface area contributed by atoms with Crippen molar-refractivity contribution in [2.24, 2.45) is 4.99 Å². The van der Waals surface area contributed by atoms with Gasteiger partial charge >= 0.3 is 0 Å². The van der Waals surface area contributed by atoms with E-state index in [1.807, 2.05) is 24.3 Å². The molecule has 1 aromatic rings. The van der Waals surface area contributed by atoms with Gasteiger partial charge in [-0.1, -0.05) is 12.1 Å². The van der Waals surface area contributed by atoms with E-state index in [-0.39, 0.29) is 36.0 Å². The molecule has 1 atom stereocenters. The Morgan fingerprint density at radius 3 is 2.92 bits per heavy atom. The van der Waals surface area contributed by atoms with Gasteiger partial charge in [-0.25, -0.2) is 0 Å². The predicted molar refractivity (Wildman–Crippen MR) is 114 cm³/mol. The number of rotatable bonds is 8. The van der Waals surface area contributed by atoms with Crippen LogP contribution in [0.5, 0.6) is 0 Å². The minimum Gasteiger partial charge on any atom is -0.379 e. The molecular weight excluding hydrogens is 447 g/mol. The van der Waals surface area contributed by atoms with E-state index in [9.17, 15) is 4.79 Å². The molecule has 1 aliphatic heterocycles. The average Bonchev–Trinajstić information content (AvgIpc) is 3.10. The number of carbonyl (C=O) groups excluding carboxylic acids is 1. The van der Waals surface area contributed by atoms with E-state index in [4.69, 9.17) is 9.47 Å². The van der Waals surface area contributed by atoms with E-state index >= 15 is 0 Å². The minimum atomic E-state index is -0.0750. The fourth-order valence-electron chi connectivity index (χ4n) is 2.54. The maximum Gasteiger partial charge on any atom is 0.221 e. The van der Waals surface area contributed by atoms with Gasteiger partial charge in [-0.05, 0) is 30.5 Å². The molecule has 1 heterocycles. The zero-order valence-corrected chi connectivity index (χ0v) is 17.7. The third-order valence-electron chi connectivity index (χ3n) is 3.79. The van der Waals surface area contributed by atoms with Crippen molar-refractivity contribution in [3.63, 3.8) is 0 Å². The van der Waals surface area contributed by atoms with Crippen molar-refractivity contribution in [2.45, 2.75) is 32.4 Å². The van der Waals surface area contributed by atoms with Crippen LogP contribution in [0.3, 0.4) is 0 Å². The average molecular weight is 476 g/mol. The summed E-state index contributed by atoms with van der Waals surface area (Å²) < 4.78 is 11.0. The van der Waals surface area contributed by atoms with Crippen molar-refractivity contribution in [1.82, 2.24) is 10.6 Å². The number of nitrogens with zero attached hydrogens (tertiary/aromatic N) is 1. The summed E-state index contributed by atoms with van der Waals surface area (Å²) in [7, 11) is 1.75. The zero-order valence-electron chi connectivity index (χ0n) is 15.4. The maximum absolute atomic E-state index is 11.1. The molecule has 1 unspecified atom stereocenters. The number of anilines is 1. The number of ether oxygens (including phenoxy) is 2. The zero-order chi connectivity index (χ0) is 17.9. The van der Waals surface area contributed by atoms with Gasteiger partial charge < -0.3 is 25.4 Å². The Hall–Kier alpha value is -1.39. The summed E-state index contributed by atoms with van der Waals surface area (Å²) in [5.74, 6) is 0.670. The molecule has 0 saturated carbocycles. The van der Waals surface area contributed by atoms with Gasteiger partial charge in [0.2, 0.25) is 5.91 Å². The first kappa shape index (κ1) is 22.7. The SMILES string of the molecule is CN=C(NCCCOC1CCOC1)NCc1cccc(NC(C)=O)c1.I. The van der Waals surface area contributed by atoms with E-state index in [0.29, 0.717) is 13.2 Å². The van der Waals surface area contributed by atoms with Crippen LogP contribution in [-0.4, -0.2) is 51.4 Å². The molecule has 0 radical (unpaired) electrons. The third kappa shape index (κ3) is 8.81. The Bertz CT molecular complexity index is 577. The molecule has 1 fully saturated rings. The Morgan fingerprint density at radius 2 is 2.23 bits per heavy atom. The van der Waals surface area contributed by atoms with E-state index in [0.717, 1.165) is 49.8 Å². The molecule has 1 saturated heterocycles. The highest BCUT2D eigenvalue weighted by Gasteiger charge is 2.15. The summed E-state index contributed by atoms with van der Waals surface area (Å²) in [5.41, 5.74) is 1.86. The van der Waals surface area contributed by atoms with Crippen LogP contribution in [0.1, 0.15) is 25.3 Å². The number of nitrogens with one attached hydrogen (secondary N) is 3. The predicted octanol–water partition coefficient (Wildman–Crippen LogP) is 2.12. The van der Waals surface area contributed by atoms with Gasteiger partial charge in [-0.3, -0.25) is 9.79 Å². The smallest absolute Gasteiger partial charge is 0.221 e. The molecule has 146 valence electrons. The van der Waals surface area contributed by atoms with Gasteiger partial charge in [0.25, 0.3) is 0 Å². The molecule has 1 aliphatic rings. The number of amides is 1. The molecule has 7 nitrogen and oxygen atoms in total. The van der Waals surface area contributed by atoms with Crippen LogP contribution in [0.15, 0.2) is 29.3 Å². The van der Waals surface area contributed by atoms with Gasteiger partial charge in [0, 0.05) is 46.0 Å². The van der Waals surface area contributed by atoms with E-state index in [1.54, 1.807) is 7.05 Å². The van der Waals surface area contributed by atoms with Crippen LogP contribution >= 0.6 is 24.0 Å². The second kappa shape index (κ2) is 12.9. The lowest BCUT2D eigenvalue weighted by Gasteiger charge is -2.13. The number of aliphatic imine (C=N–C) groups is 1. The fraction of sp³-hybridized carbons (Fsp3) is 0.556. The quantitative estimate of drug-likeness (QED) is 0.232. The minimum absolute atomic E-state index is 0. The van der Waals surface area contributed by atoms with Gasteiger partial charge in [-0.2, -0.15) is 0 Å². The summed E-state index contributed by atoms with van der Waals surface area (Å²) in [6.45, 7) is 5.16. The second-order valence-electron chi connectivity index (χ2n) is 5.94. The lowest BCUT2D eigenvalue weighted by molar-refractivity contribution is -0.114. The number of hydrogen-bond donors (Lipinski definition) is 3. The Labute approximate surface area is 172 Å². The van der Waals surface area contributed by atoms with Crippen molar-refractivity contribution in [2.75, 3.05) is 38.7 Å². The van der Waals surface area contributed by atoms with Crippen molar-refractivity contribution in [1.29, 1.82) is 0 Å². The number of halogens is 1. The van der Waals surface area contributed by atoms with Crippen molar-refractivity contribution in [3.05, 3.63) is 29.8 Å². The number of carbonyl (C=O) groups is 1. The van der Waals surface area contributed by atoms with Crippen molar-refractivity contribution in [3.8, 4) is 0 Å². The Kier molecular flexibility index (Phi) is 11.2. The Morgan fingerprint density at radius 1 is 1.38 bits per heavy atom. The molecule has 0 spiro atoms. The highest BCUT2D eigenvalue weighted by molar-refractivity contribution is 14.0. The van der Waals surface area contributed by atoms with Crippen molar-refractivity contribution < 1.29 is 14.3 Å². The molecule has 8 heteroatoms. The van der Waals surface area contributed by atoms with E-state index in [2.05, 4.69) is 20.9 Å². The van der Waals surface area contributed by atoms with Crippen LogP contribution in [0.2, 0.25) is 0 Å². The van der Waals surface area contributed by atoms with Gasteiger partial charge in [0.1, 0.15) is 0 Å². The van der Waals surface area contributed by atoms with Crippen LogP contribution in [0.25, 0.3) is 0 Å². The summed E-state index contributed by atoms with van der Waals surface area (Å²) >= 11 is 0. The van der Waals surface area contributed by atoms with E-state index < -0.39 is 0 Å². The van der Waals surface area contributed by atoms with Crippen LogP contribution in [-0.2, 0) is 20.8 Å². The van der Waals surface area contributed by atoms with Gasteiger partial charge in [0.05, 0.1) is 12.7 Å². The second-order valence-corrected chi connectivity index (χ2v) is 5.94. The highest BCUT2D eigenvalue weighted by atomic mass is 127. The number of benzene rings is 1. The normalized spacial score (nSPS) is 16.7. The first-order valence-corrected chi connectivity index (χ1v) is 8.68. The number of hydrogen-bond acceptors (Lipinski definition) is 4. The van der Waals surface area contributed by atoms with Crippen molar-refractivity contribution >= 4 is 41.5 Å². The topological polar surface area (TPSA) is 84.0 Å². The fourth-order valence-corrected chi connectivity index (χ4v) is 2.54. The lowest BCUT2D eigenvalue weighted by atomic mass is 10.2. The molecule has 1 amide bonds. The molecule has 26 heavy (non-hydrogen) atoms. The monoisotopic (exact) mass is 476 g/mol. The molecule has 2 rings (SSSR count). The van der Waals surface area contributed by atoms with Gasteiger partial charge in [-0.15, -0.1) is 24.0 Å². The molecule has 0 aromatic heterocycles. The standard InChI is InChI=1S/C18H28N4O3.HI/c1-14(23)22-16-6-3-5-15(11-16)12-21-18(19-2)20-8-4-9-25-17-7-10-24-13-17;/h3,5-6,11,17H,4,7-10,12-13H2,1-2H3,(H,22,23)(H2,19,20,21);1H. The number of guanidine groups is 1. The molecule has 1 aromatic carbocycles. The van der Waals surface area contributed by atoms with Crippen LogP contribution < -0.4 is 16.0 Å². The lowest BCUT2D eigenvalue weighted by Crippen LogP contribution is -2.37. The third-order valence-corrected chi connectivity index (χ3v) is 3.79. The molecule has 3 N–H and O–H groups in total.